The van der Waals surface area contributed by atoms with Crippen LogP contribution in [0.1, 0.15) is 18.4 Å². The van der Waals surface area contributed by atoms with Crippen molar-refractivity contribution in [3.05, 3.63) is 29.3 Å². The van der Waals surface area contributed by atoms with Gasteiger partial charge in [0, 0.05) is 26.0 Å². The van der Waals surface area contributed by atoms with Crippen molar-refractivity contribution in [3.8, 4) is 0 Å². The molecule has 0 aliphatic carbocycles. The first kappa shape index (κ1) is 14.0. The summed E-state index contributed by atoms with van der Waals surface area (Å²) in [5, 5.41) is 3.94. The Balaban J connectivity index is 1.74. The highest BCUT2D eigenvalue weighted by molar-refractivity contribution is 7.18. The molecule has 4 nitrogen and oxygen atoms in total. The molecule has 0 unspecified atom stereocenters. The number of carbonyl (C=O) groups excluding carboxylic acids is 1. The maximum Gasteiger partial charge on any atom is 0.222 e. The minimum absolute atomic E-state index is 0.0366. The molecule has 1 N–H and O–H groups in total. The topological polar surface area (TPSA) is 51.2 Å². The van der Waals surface area contributed by atoms with Crippen molar-refractivity contribution in [2.75, 3.05) is 19.8 Å². The number of rotatable bonds is 7. The van der Waals surface area contributed by atoms with E-state index in [-0.39, 0.29) is 5.91 Å². The molecule has 2 rings (SSSR count). The SMILES string of the molecule is CCOCCC(=O)NCCc1nc2ccccc2s1. The van der Waals surface area contributed by atoms with Crippen molar-refractivity contribution in [2.24, 2.45) is 0 Å². The van der Waals surface area contributed by atoms with Crippen molar-refractivity contribution in [1.82, 2.24) is 10.3 Å². The third kappa shape index (κ3) is 4.29. The van der Waals surface area contributed by atoms with Crippen molar-refractivity contribution in [2.45, 2.75) is 19.8 Å². The molecular weight excluding hydrogens is 260 g/mol. The number of para-hydroxylation sites is 1. The molecule has 0 saturated heterocycles. The smallest absolute Gasteiger partial charge is 0.222 e. The highest BCUT2D eigenvalue weighted by Crippen LogP contribution is 2.21. The quantitative estimate of drug-likeness (QED) is 0.791. The molecule has 102 valence electrons. The molecule has 2 aromatic rings. The van der Waals surface area contributed by atoms with Gasteiger partial charge in [-0.25, -0.2) is 4.98 Å². The van der Waals surface area contributed by atoms with Crippen LogP contribution in [0.15, 0.2) is 24.3 Å². The monoisotopic (exact) mass is 278 g/mol. The highest BCUT2D eigenvalue weighted by Gasteiger charge is 2.04. The van der Waals surface area contributed by atoms with Gasteiger partial charge in [0.1, 0.15) is 0 Å². The number of hydrogen-bond acceptors (Lipinski definition) is 4. The molecule has 1 amide bonds. The fourth-order valence-corrected chi connectivity index (χ4v) is 2.70. The first-order chi connectivity index (χ1) is 9.29. The fraction of sp³-hybridized carbons (Fsp3) is 0.429. The van der Waals surface area contributed by atoms with Gasteiger partial charge in [-0.05, 0) is 19.1 Å². The van der Waals surface area contributed by atoms with E-state index in [1.807, 2.05) is 25.1 Å². The van der Waals surface area contributed by atoms with Crippen LogP contribution in [-0.4, -0.2) is 30.6 Å². The second-order valence-corrected chi connectivity index (χ2v) is 5.24. The number of ether oxygens (including phenoxy) is 1. The number of aromatic nitrogens is 1. The van der Waals surface area contributed by atoms with Crippen LogP contribution in [0, 0.1) is 0 Å². The van der Waals surface area contributed by atoms with Crippen LogP contribution in [0.4, 0.5) is 0 Å². The third-order valence-corrected chi connectivity index (χ3v) is 3.77. The average molecular weight is 278 g/mol. The van der Waals surface area contributed by atoms with E-state index in [2.05, 4.69) is 16.4 Å². The predicted molar refractivity (Wildman–Crippen MR) is 77.4 cm³/mol. The van der Waals surface area contributed by atoms with Gasteiger partial charge in [0.25, 0.3) is 0 Å². The van der Waals surface area contributed by atoms with E-state index in [1.165, 1.54) is 4.70 Å². The summed E-state index contributed by atoms with van der Waals surface area (Å²) < 4.78 is 6.33. The van der Waals surface area contributed by atoms with Crippen molar-refractivity contribution in [3.63, 3.8) is 0 Å². The Morgan fingerprint density at radius 3 is 3.05 bits per heavy atom. The summed E-state index contributed by atoms with van der Waals surface area (Å²) >= 11 is 1.68. The summed E-state index contributed by atoms with van der Waals surface area (Å²) in [4.78, 5) is 16.0. The minimum Gasteiger partial charge on any atom is -0.381 e. The average Bonchev–Trinajstić information content (AvgIpc) is 2.81. The standard InChI is InChI=1S/C14H18N2O2S/c1-2-18-10-8-13(17)15-9-7-14-16-11-5-3-4-6-12(11)19-14/h3-6H,2,7-10H2,1H3,(H,15,17). The van der Waals surface area contributed by atoms with Crippen LogP contribution in [0.2, 0.25) is 0 Å². The molecule has 0 spiro atoms. The number of carbonyl (C=O) groups is 1. The van der Waals surface area contributed by atoms with Gasteiger partial charge in [-0.2, -0.15) is 0 Å². The molecule has 0 radical (unpaired) electrons. The van der Waals surface area contributed by atoms with E-state index in [1.54, 1.807) is 11.3 Å². The van der Waals surface area contributed by atoms with Crippen molar-refractivity contribution in [1.29, 1.82) is 0 Å². The van der Waals surface area contributed by atoms with Gasteiger partial charge in [0.2, 0.25) is 5.91 Å². The van der Waals surface area contributed by atoms with Gasteiger partial charge in [0.15, 0.2) is 0 Å². The number of amides is 1. The molecule has 0 fully saturated rings. The number of fused-ring (bicyclic) bond motifs is 1. The van der Waals surface area contributed by atoms with E-state index in [4.69, 9.17) is 4.74 Å². The maximum atomic E-state index is 11.5. The lowest BCUT2D eigenvalue weighted by Crippen LogP contribution is -2.26. The van der Waals surface area contributed by atoms with E-state index in [0.717, 1.165) is 16.9 Å². The molecular formula is C14H18N2O2S. The van der Waals surface area contributed by atoms with E-state index >= 15 is 0 Å². The lowest BCUT2D eigenvalue weighted by Gasteiger charge is -2.03. The Hall–Kier alpha value is -1.46. The zero-order chi connectivity index (χ0) is 13.5. The largest absolute Gasteiger partial charge is 0.381 e. The first-order valence-corrected chi connectivity index (χ1v) is 7.30. The van der Waals surface area contributed by atoms with Crippen molar-refractivity contribution < 1.29 is 9.53 Å². The summed E-state index contributed by atoms with van der Waals surface area (Å²) in [5.41, 5.74) is 1.03. The Morgan fingerprint density at radius 2 is 2.26 bits per heavy atom. The molecule has 0 aliphatic heterocycles. The Kier molecular flexibility index (Phi) is 5.30. The normalized spacial score (nSPS) is 10.8. The molecule has 0 saturated carbocycles. The molecule has 0 bridgehead atoms. The first-order valence-electron chi connectivity index (χ1n) is 6.48. The zero-order valence-corrected chi connectivity index (χ0v) is 11.8. The summed E-state index contributed by atoms with van der Waals surface area (Å²) in [5.74, 6) is 0.0366. The fourth-order valence-electron chi connectivity index (χ4n) is 1.73. The predicted octanol–water partition coefficient (Wildman–Crippen LogP) is 2.38. The molecule has 1 aromatic heterocycles. The van der Waals surface area contributed by atoms with Crippen LogP contribution >= 0.6 is 11.3 Å². The summed E-state index contributed by atoms with van der Waals surface area (Å²) in [6.07, 6.45) is 1.20. The van der Waals surface area contributed by atoms with E-state index < -0.39 is 0 Å². The van der Waals surface area contributed by atoms with Crippen LogP contribution in [0.5, 0.6) is 0 Å². The summed E-state index contributed by atoms with van der Waals surface area (Å²) in [7, 11) is 0. The van der Waals surface area contributed by atoms with Gasteiger partial charge >= 0.3 is 0 Å². The van der Waals surface area contributed by atoms with E-state index in [0.29, 0.717) is 26.2 Å². The lowest BCUT2D eigenvalue weighted by molar-refractivity contribution is -0.122. The number of benzene rings is 1. The number of hydrogen-bond donors (Lipinski definition) is 1. The van der Waals surface area contributed by atoms with Crippen LogP contribution < -0.4 is 5.32 Å². The zero-order valence-electron chi connectivity index (χ0n) is 11.0. The number of thiazole rings is 1. The number of nitrogens with zero attached hydrogens (tertiary/aromatic N) is 1. The van der Waals surface area contributed by atoms with Crippen LogP contribution in [-0.2, 0) is 16.0 Å². The third-order valence-electron chi connectivity index (χ3n) is 2.68. The summed E-state index contributed by atoms with van der Waals surface area (Å²) in [6.45, 7) is 3.69. The van der Waals surface area contributed by atoms with Gasteiger partial charge in [0.05, 0.1) is 21.8 Å². The molecule has 19 heavy (non-hydrogen) atoms. The molecule has 5 heteroatoms. The van der Waals surface area contributed by atoms with Gasteiger partial charge in [-0.3, -0.25) is 4.79 Å². The minimum atomic E-state index is 0.0366. The van der Waals surface area contributed by atoms with Gasteiger partial charge in [-0.15, -0.1) is 11.3 Å². The molecule has 1 heterocycles. The lowest BCUT2D eigenvalue weighted by atomic mass is 10.3. The van der Waals surface area contributed by atoms with Crippen molar-refractivity contribution >= 4 is 27.5 Å². The van der Waals surface area contributed by atoms with Gasteiger partial charge < -0.3 is 10.1 Å². The van der Waals surface area contributed by atoms with Crippen LogP contribution in [0.3, 0.4) is 0 Å². The molecule has 0 atom stereocenters. The van der Waals surface area contributed by atoms with E-state index in [9.17, 15) is 4.79 Å². The second kappa shape index (κ2) is 7.21. The molecule has 1 aromatic carbocycles. The Morgan fingerprint density at radius 1 is 1.42 bits per heavy atom. The Bertz CT molecular complexity index is 506. The maximum absolute atomic E-state index is 11.5. The van der Waals surface area contributed by atoms with Gasteiger partial charge in [-0.1, -0.05) is 12.1 Å². The number of nitrogens with one attached hydrogen (secondary N) is 1. The summed E-state index contributed by atoms with van der Waals surface area (Å²) in [6, 6.07) is 8.08. The highest BCUT2D eigenvalue weighted by atomic mass is 32.1. The molecule has 0 aliphatic rings. The van der Waals surface area contributed by atoms with Crippen LogP contribution in [0.25, 0.3) is 10.2 Å². The second-order valence-electron chi connectivity index (χ2n) is 4.12. The Labute approximate surface area is 116 Å².